The van der Waals surface area contributed by atoms with E-state index >= 15 is 0 Å². The van der Waals surface area contributed by atoms with Gasteiger partial charge in [-0.2, -0.15) is 0 Å². The van der Waals surface area contributed by atoms with Gasteiger partial charge in [0, 0.05) is 10.4 Å². The van der Waals surface area contributed by atoms with Crippen molar-refractivity contribution in [2.45, 2.75) is 0 Å². The minimum absolute atomic E-state index is 0.239. The number of carbonyl (C=O) groups is 1. The molecule has 2 heterocycles. The molecule has 1 aromatic carbocycles. The molecule has 0 atom stereocenters. The molecule has 4 nitrogen and oxygen atoms in total. The Labute approximate surface area is 112 Å². The van der Waals surface area contributed by atoms with E-state index in [0.717, 1.165) is 10.4 Å². The number of thiophene rings is 1. The van der Waals surface area contributed by atoms with Gasteiger partial charge in [0.1, 0.15) is 5.56 Å². The fourth-order valence-electron chi connectivity index (χ4n) is 1.96. The van der Waals surface area contributed by atoms with Crippen LogP contribution in [0.2, 0.25) is 0 Å². The average molecular weight is 271 g/mol. The number of hydrogen-bond donors (Lipinski definition) is 2. The molecule has 0 fully saturated rings. The fourth-order valence-corrected chi connectivity index (χ4v) is 2.68. The van der Waals surface area contributed by atoms with Gasteiger partial charge < -0.3 is 10.1 Å². The highest BCUT2D eigenvalue weighted by atomic mass is 32.1. The van der Waals surface area contributed by atoms with Crippen molar-refractivity contribution in [3.05, 3.63) is 57.7 Å². The van der Waals surface area contributed by atoms with Crippen LogP contribution in [0.4, 0.5) is 0 Å². The zero-order valence-corrected chi connectivity index (χ0v) is 10.5. The number of pyridine rings is 1. The summed E-state index contributed by atoms with van der Waals surface area (Å²) in [4.78, 5) is 26.3. The lowest BCUT2D eigenvalue weighted by atomic mass is 10.1. The van der Waals surface area contributed by atoms with Crippen LogP contribution in [0.1, 0.15) is 10.4 Å². The van der Waals surface area contributed by atoms with Crippen LogP contribution in [0.5, 0.6) is 0 Å². The Morgan fingerprint density at radius 2 is 2.05 bits per heavy atom. The Balaban J connectivity index is 2.23. The molecule has 94 valence electrons. The molecule has 0 aliphatic heterocycles. The summed E-state index contributed by atoms with van der Waals surface area (Å²) in [5, 5.41) is 11.6. The molecule has 0 spiro atoms. The van der Waals surface area contributed by atoms with Crippen LogP contribution in [0.15, 0.2) is 46.6 Å². The van der Waals surface area contributed by atoms with Crippen LogP contribution in [0.3, 0.4) is 0 Å². The van der Waals surface area contributed by atoms with Crippen LogP contribution in [-0.2, 0) is 0 Å². The topological polar surface area (TPSA) is 70.2 Å². The summed E-state index contributed by atoms with van der Waals surface area (Å²) in [6, 6.07) is 10.9. The van der Waals surface area contributed by atoms with Crippen molar-refractivity contribution in [3.8, 4) is 10.4 Å². The van der Waals surface area contributed by atoms with Gasteiger partial charge in [0.2, 0.25) is 0 Å². The molecule has 0 saturated carbocycles. The van der Waals surface area contributed by atoms with Gasteiger partial charge in [-0.15, -0.1) is 11.3 Å². The molecule has 5 heteroatoms. The highest BCUT2D eigenvalue weighted by molar-refractivity contribution is 7.13. The number of hydrogen-bond acceptors (Lipinski definition) is 3. The van der Waals surface area contributed by atoms with Crippen molar-refractivity contribution < 1.29 is 9.90 Å². The maximum Gasteiger partial charge on any atom is 0.341 e. The third-order valence-electron chi connectivity index (χ3n) is 2.88. The molecule has 0 radical (unpaired) electrons. The minimum atomic E-state index is -1.22. The first-order chi connectivity index (χ1) is 9.15. The third kappa shape index (κ3) is 2.04. The van der Waals surface area contributed by atoms with Crippen molar-refractivity contribution in [3.63, 3.8) is 0 Å². The second-order valence-electron chi connectivity index (χ2n) is 4.10. The zero-order valence-electron chi connectivity index (χ0n) is 9.71. The lowest BCUT2D eigenvalue weighted by Gasteiger charge is -2.03. The van der Waals surface area contributed by atoms with Gasteiger partial charge in [0.25, 0.3) is 5.56 Å². The van der Waals surface area contributed by atoms with E-state index in [1.165, 1.54) is 6.07 Å². The maximum atomic E-state index is 11.6. The smallest absolute Gasteiger partial charge is 0.341 e. The summed E-state index contributed by atoms with van der Waals surface area (Å²) < 4.78 is 0. The van der Waals surface area contributed by atoms with Crippen molar-refractivity contribution in [1.29, 1.82) is 0 Å². The number of fused-ring (bicyclic) bond motifs is 1. The SMILES string of the molecule is O=C(O)c1cc2ccc(-c3cccs3)cc2[nH]c1=O. The summed E-state index contributed by atoms with van der Waals surface area (Å²) >= 11 is 1.61. The highest BCUT2D eigenvalue weighted by Gasteiger charge is 2.10. The molecule has 3 aromatic rings. The predicted octanol–water partition coefficient (Wildman–Crippen LogP) is 2.95. The summed E-state index contributed by atoms with van der Waals surface area (Å²) in [5.74, 6) is -1.22. The first-order valence-electron chi connectivity index (χ1n) is 5.59. The molecule has 0 saturated heterocycles. The molecule has 19 heavy (non-hydrogen) atoms. The van der Waals surface area contributed by atoms with Crippen LogP contribution in [-0.4, -0.2) is 16.1 Å². The van der Waals surface area contributed by atoms with Crippen LogP contribution < -0.4 is 5.56 Å². The van der Waals surface area contributed by atoms with E-state index in [1.54, 1.807) is 11.3 Å². The molecule has 3 rings (SSSR count). The molecule has 0 unspecified atom stereocenters. The predicted molar refractivity (Wildman–Crippen MR) is 74.8 cm³/mol. The monoisotopic (exact) mass is 271 g/mol. The maximum absolute atomic E-state index is 11.6. The number of carboxylic acid groups (broad SMARTS) is 1. The molecule has 0 bridgehead atoms. The molecule has 0 aliphatic rings. The molecule has 2 aromatic heterocycles. The van der Waals surface area contributed by atoms with E-state index in [2.05, 4.69) is 4.98 Å². The van der Waals surface area contributed by atoms with Gasteiger partial charge in [-0.1, -0.05) is 18.2 Å². The number of H-pyrrole nitrogens is 1. The Bertz CT molecular complexity index is 818. The first-order valence-corrected chi connectivity index (χ1v) is 6.47. The summed E-state index contributed by atoms with van der Waals surface area (Å²) in [7, 11) is 0. The van der Waals surface area contributed by atoms with Gasteiger partial charge in [-0.25, -0.2) is 4.79 Å². The van der Waals surface area contributed by atoms with Crippen molar-refractivity contribution >= 4 is 28.2 Å². The lowest BCUT2D eigenvalue weighted by Crippen LogP contribution is -2.16. The molecule has 0 aliphatic carbocycles. The van der Waals surface area contributed by atoms with E-state index in [1.807, 2.05) is 35.7 Å². The lowest BCUT2D eigenvalue weighted by molar-refractivity contribution is 0.0695. The number of rotatable bonds is 2. The second-order valence-corrected chi connectivity index (χ2v) is 5.04. The number of aromatic nitrogens is 1. The van der Waals surface area contributed by atoms with Crippen molar-refractivity contribution in [2.24, 2.45) is 0 Å². The Kier molecular flexibility index (Phi) is 2.68. The number of aromatic carboxylic acids is 1. The van der Waals surface area contributed by atoms with Crippen LogP contribution in [0, 0.1) is 0 Å². The number of carboxylic acids is 1. The average Bonchev–Trinajstić information content (AvgIpc) is 2.90. The quantitative estimate of drug-likeness (QED) is 0.752. The minimum Gasteiger partial charge on any atom is -0.477 e. The van der Waals surface area contributed by atoms with Crippen molar-refractivity contribution in [1.82, 2.24) is 4.98 Å². The van der Waals surface area contributed by atoms with Gasteiger partial charge in [0.15, 0.2) is 0 Å². The Hall–Kier alpha value is -2.40. The van der Waals surface area contributed by atoms with E-state index in [4.69, 9.17) is 5.11 Å². The molecular formula is C14H9NO3S. The standard InChI is InChI=1S/C14H9NO3S/c16-13-10(14(17)18)6-8-3-4-9(7-11(8)15-13)12-2-1-5-19-12/h1-7H,(H,15,16)(H,17,18). The summed E-state index contributed by atoms with van der Waals surface area (Å²) in [6.07, 6.45) is 0. The van der Waals surface area contributed by atoms with Crippen molar-refractivity contribution in [2.75, 3.05) is 0 Å². The molecule has 0 amide bonds. The Morgan fingerprint density at radius 1 is 1.21 bits per heavy atom. The first kappa shape index (κ1) is 11.7. The largest absolute Gasteiger partial charge is 0.477 e. The third-order valence-corrected chi connectivity index (χ3v) is 3.80. The van der Waals surface area contributed by atoms with Gasteiger partial charge >= 0.3 is 5.97 Å². The second kappa shape index (κ2) is 4.37. The highest BCUT2D eigenvalue weighted by Crippen LogP contribution is 2.27. The molecular weight excluding hydrogens is 262 g/mol. The number of nitrogens with one attached hydrogen (secondary N) is 1. The van der Waals surface area contributed by atoms with Crippen LogP contribution >= 0.6 is 11.3 Å². The van der Waals surface area contributed by atoms with E-state index in [9.17, 15) is 9.59 Å². The van der Waals surface area contributed by atoms with Crippen LogP contribution in [0.25, 0.3) is 21.3 Å². The van der Waals surface area contributed by atoms with Gasteiger partial charge in [0.05, 0.1) is 0 Å². The van der Waals surface area contributed by atoms with Gasteiger partial charge in [-0.3, -0.25) is 4.79 Å². The van der Waals surface area contributed by atoms with E-state index in [0.29, 0.717) is 10.9 Å². The molecule has 2 N–H and O–H groups in total. The fraction of sp³-hybridized carbons (Fsp3) is 0. The normalized spacial score (nSPS) is 10.7. The zero-order chi connectivity index (χ0) is 13.4. The number of benzene rings is 1. The van der Waals surface area contributed by atoms with E-state index < -0.39 is 11.5 Å². The summed E-state index contributed by atoms with van der Waals surface area (Å²) in [6.45, 7) is 0. The number of aromatic amines is 1. The Morgan fingerprint density at radius 3 is 2.74 bits per heavy atom. The van der Waals surface area contributed by atoms with E-state index in [-0.39, 0.29) is 5.56 Å². The van der Waals surface area contributed by atoms with Gasteiger partial charge in [-0.05, 0) is 34.5 Å². The summed E-state index contributed by atoms with van der Waals surface area (Å²) in [5.41, 5.74) is 0.821.